The van der Waals surface area contributed by atoms with Crippen LogP contribution in [-0.4, -0.2) is 36.9 Å². The van der Waals surface area contributed by atoms with Gasteiger partial charge in [0.25, 0.3) is 0 Å². The first-order chi connectivity index (χ1) is 10.9. The smallest absolute Gasteiger partial charge is 0.227 e. The fourth-order valence-electron chi connectivity index (χ4n) is 2.73. The van der Waals surface area contributed by atoms with Gasteiger partial charge >= 0.3 is 0 Å². The van der Waals surface area contributed by atoms with Gasteiger partial charge in [-0.1, -0.05) is 13.8 Å². The molecule has 0 unspecified atom stereocenters. The lowest BCUT2D eigenvalue weighted by Crippen LogP contribution is -2.43. The summed E-state index contributed by atoms with van der Waals surface area (Å²) in [5.41, 5.74) is 0.458. The average molecular weight is 322 g/mol. The molecule has 1 aromatic carbocycles. The number of benzene rings is 1. The molecule has 1 heterocycles. The van der Waals surface area contributed by atoms with Crippen LogP contribution in [0.15, 0.2) is 18.2 Å². The van der Waals surface area contributed by atoms with Gasteiger partial charge in [-0.15, -0.1) is 0 Å². The number of carbonyl (C=O) groups excluding carboxylic acids is 2. The Labute approximate surface area is 135 Å². The van der Waals surface area contributed by atoms with E-state index in [-0.39, 0.29) is 23.7 Å². The molecule has 6 heteroatoms. The Morgan fingerprint density at radius 2 is 1.96 bits per heavy atom. The van der Waals surface area contributed by atoms with Crippen molar-refractivity contribution in [2.24, 2.45) is 11.8 Å². The quantitative estimate of drug-likeness (QED) is 0.927. The monoisotopic (exact) mass is 322 g/mol. The van der Waals surface area contributed by atoms with Gasteiger partial charge in [-0.25, -0.2) is 4.39 Å². The van der Waals surface area contributed by atoms with Crippen LogP contribution >= 0.6 is 0 Å². The molecule has 1 saturated heterocycles. The Hall–Kier alpha value is -2.11. The van der Waals surface area contributed by atoms with Crippen LogP contribution in [0.1, 0.15) is 26.7 Å². The predicted molar refractivity (Wildman–Crippen MR) is 85.7 cm³/mol. The van der Waals surface area contributed by atoms with E-state index < -0.39 is 5.82 Å². The molecule has 0 aliphatic carbocycles. The lowest BCUT2D eigenvalue weighted by Gasteiger charge is -2.32. The van der Waals surface area contributed by atoms with Crippen molar-refractivity contribution < 1.29 is 18.7 Å². The fraction of sp³-hybridized carbons (Fsp3) is 0.529. The maximum atomic E-state index is 13.2. The summed E-state index contributed by atoms with van der Waals surface area (Å²) >= 11 is 0. The van der Waals surface area contributed by atoms with Gasteiger partial charge in [0.05, 0.1) is 12.8 Å². The highest BCUT2D eigenvalue weighted by Crippen LogP contribution is 2.27. The lowest BCUT2D eigenvalue weighted by atomic mass is 9.95. The maximum absolute atomic E-state index is 13.2. The number of piperidine rings is 1. The second-order valence-electron chi connectivity index (χ2n) is 6.09. The third-order valence-electron chi connectivity index (χ3n) is 4.09. The van der Waals surface area contributed by atoms with Crippen molar-refractivity contribution in [2.75, 3.05) is 25.5 Å². The van der Waals surface area contributed by atoms with E-state index in [2.05, 4.69) is 5.32 Å². The van der Waals surface area contributed by atoms with Gasteiger partial charge in [-0.2, -0.15) is 0 Å². The Kier molecular flexibility index (Phi) is 5.58. The number of nitrogens with zero attached hydrogens (tertiary/aromatic N) is 1. The summed E-state index contributed by atoms with van der Waals surface area (Å²) < 4.78 is 18.3. The van der Waals surface area contributed by atoms with E-state index >= 15 is 0 Å². The molecule has 5 nitrogen and oxygen atoms in total. The number of carbonyl (C=O) groups is 2. The zero-order chi connectivity index (χ0) is 17.0. The van der Waals surface area contributed by atoms with Crippen LogP contribution < -0.4 is 10.1 Å². The third kappa shape index (κ3) is 4.21. The molecule has 1 aromatic rings. The first-order valence-electron chi connectivity index (χ1n) is 7.85. The van der Waals surface area contributed by atoms with Crippen LogP contribution in [0.3, 0.4) is 0 Å². The van der Waals surface area contributed by atoms with Gasteiger partial charge in [0, 0.05) is 31.0 Å². The van der Waals surface area contributed by atoms with Gasteiger partial charge < -0.3 is 15.0 Å². The van der Waals surface area contributed by atoms with Gasteiger partial charge in [-0.3, -0.25) is 9.59 Å². The van der Waals surface area contributed by atoms with E-state index in [4.69, 9.17) is 4.74 Å². The van der Waals surface area contributed by atoms with Crippen molar-refractivity contribution in [1.29, 1.82) is 0 Å². The van der Waals surface area contributed by atoms with Crippen LogP contribution in [0, 0.1) is 17.7 Å². The van der Waals surface area contributed by atoms with Gasteiger partial charge in [0.15, 0.2) is 0 Å². The molecule has 2 rings (SSSR count). The summed E-state index contributed by atoms with van der Waals surface area (Å²) in [5, 5.41) is 2.79. The van der Waals surface area contributed by atoms with Crippen LogP contribution in [0.5, 0.6) is 5.75 Å². The number of methoxy groups -OCH3 is 1. The Bertz CT molecular complexity index is 581. The Balaban J connectivity index is 1.94. The fourth-order valence-corrected chi connectivity index (χ4v) is 2.73. The molecule has 0 aromatic heterocycles. The van der Waals surface area contributed by atoms with E-state index in [1.807, 2.05) is 18.7 Å². The summed E-state index contributed by atoms with van der Waals surface area (Å²) in [5.74, 6) is -0.286. The molecule has 0 spiro atoms. The second kappa shape index (κ2) is 7.44. The Morgan fingerprint density at radius 1 is 1.30 bits per heavy atom. The number of hydrogen-bond donors (Lipinski definition) is 1. The number of rotatable bonds is 4. The molecule has 1 aliphatic rings. The number of hydrogen-bond acceptors (Lipinski definition) is 3. The highest BCUT2D eigenvalue weighted by Gasteiger charge is 2.28. The molecule has 1 N–H and O–H groups in total. The molecular weight excluding hydrogens is 299 g/mol. The summed E-state index contributed by atoms with van der Waals surface area (Å²) in [6.45, 7) is 4.94. The first-order valence-corrected chi connectivity index (χ1v) is 7.85. The molecule has 1 fully saturated rings. The molecule has 0 radical (unpaired) electrons. The van der Waals surface area contributed by atoms with Crippen LogP contribution in [-0.2, 0) is 9.59 Å². The zero-order valence-corrected chi connectivity index (χ0v) is 13.8. The minimum atomic E-state index is -0.416. The summed E-state index contributed by atoms with van der Waals surface area (Å²) in [7, 11) is 1.43. The largest absolute Gasteiger partial charge is 0.494 e. The van der Waals surface area contributed by atoms with E-state index in [1.54, 1.807) is 0 Å². The first kappa shape index (κ1) is 17.2. The number of halogens is 1. The van der Waals surface area contributed by atoms with E-state index in [0.29, 0.717) is 37.4 Å². The summed E-state index contributed by atoms with van der Waals surface area (Å²) in [4.78, 5) is 26.1. The van der Waals surface area contributed by atoms with E-state index in [1.165, 1.54) is 25.3 Å². The second-order valence-corrected chi connectivity index (χ2v) is 6.09. The number of nitrogens with one attached hydrogen (secondary N) is 1. The maximum Gasteiger partial charge on any atom is 0.227 e. The predicted octanol–water partition coefficient (Wildman–Crippen LogP) is 2.67. The van der Waals surface area contributed by atoms with Crippen molar-refractivity contribution in [3.63, 3.8) is 0 Å². The van der Waals surface area contributed by atoms with Crippen LogP contribution in [0.4, 0.5) is 10.1 Å². The number of likely N-dealkylation sites (tertiary alicyclic amines) is 1. The topological polar surface area (TPSA) is 58.6 Å². The number of amides is 2. The standard InChI is InChI=1S/C17H23FN2O3/c1-11(2)17(22)20-8-6-12(7-9-20)16(21)19-14-5-4-13(18)10-15(14)23-3/h4-5,10-12H,6-9H2,1-3H3,(H,19,21). The van der Waals surface area contributed by atoms with Crippen molar-refractivity contribution >= 4 is 17.5 Å². The number of anilines is 1. The van der Waals surface area contributed by atoms with Crippen LogP contribution in [0.25, 0.3) is 0 Å². The Morgan fingerprint density at radius 3 is 2.52 bits per heavy atom. The molecule has 23 heavy (non-hydrogen) atoms. The molecule has 1 aliphatic heterocycles. The normalized spacial score (nSPS) is 15.6. The highest BCUT2D eigenvalue weighted by atomic mass is 19.1. The molecular formula is C17H23FN2O3. The minimum Gasteiger partial charge on any atom is -0.494 e. The van der Waals surface area contributed by atoms with Crippen molar-refractivity contribution in [1.82, 2.24) is 4.90 Å². The van der Waals surface area contributed by atoms with Crippen LogP contribution in [0.2, 0.25) is 0 Å². The summed E-state index contributed by atoms with van der Waals surface area (Å²) in [6.07, 6.45) is 1.27. The van der Waals surface area contributed by atoms with Crippen molar-refractivity contribution in [2.45, 2.75) is 26.7 Å². The number of ether oxygens (including phenoxy) is 1. The zero-order valence-electron chi connectivity index (χ0n) is 13.8. The lowest BCUT2D eigenvalue weighted by molar-refractivity contribution is -0.137. The SMILES string of the molecule is COc1cc(F)ccc1NC(=O)C1CCN(C(=O)C(C)C)CC1. The van der Waals surface area contributed by atoms with E-state index in [0.717, 1.165) is 0 Å². The average Bonchev–Trinajstić information content (AvgIpc) is 2.55. The van der Waals surface area contributed by atoms with Gasteiger partial charge in [0.1, 0.15) is 11.6 Å². The molecule has 0 saturated carbocycles. The molecule has 0 bridgehead atoms. The third-order valence-corrected chi connectivity index (χ3v) is 4.09. The summed E-state index contributed by atoms with van der Waals surface area (Å²) in [6, 6.07) is 4.01. The van der Waals surface area contributed by atoms with Gasteiger partial charge in [-0.05, 0) is 25.0 Å². The molecule has 126 valence electrons. The highest BCUT2D eigenvalue weighted by molar-refractivity contribution is 5.94. The molecule has 2 amide bonds. The minimum absolute atomic E-state index is 0.0242. The van der Waals surface area contributed by atoms with Crippen molar-refractivity contribution in [3.05, 3.63) is 24.0 Å². The van der Waals surface area contributed by atoms with Gasteiger partial charge in [0.2, 0.25) is 11.8 Å². The van der Waals surface area contributed by atoms with E-state index in [9.17, 15) is 14.0 Å². The molecule has 0 atom stereocenters. The van der Waals surface area contributed by atoms with Crippen molar-refractivity contribution in [3.8, 4) is 5.75 Å².